The van der Waals surface area contributed by atoms with Crippen molar-refractivity contribution in [3.8, 4) is 0 Å². The number of benzene rings is 1. The van der Waals surface area contributed by atoms with Gasteiger partial charge < -0.3 is 5.32 Å². The SMILES string of the molecule is C[C@H](Sc1ncnc2sc3c(c12)CCCC3)C(=O)Nc1ccc(S(N)(=O)=O)cc1. The van der Waals surface area contributed by atoms with Crippen LogP contribution >= 0.6 is 23.1 Å². The molecule has 152 valence electrons. The maximum Gasteiger partial charge on any atom is 0.238 e. The first-order valence-electron chi connectivity index (χ1n) is 9.18. The summed E-state index contributed by atoms with van der Waals surface area (Å²) in [7, 11) is -3.76. The third kappa shape index (κ3) is 4.30. The van der Waals surface area contributed by atoms with Gasteiger partial charge in [0.15, 0.2) is 0 Å². The molecule has 4 rings (SSSR count). The van der Waals surface area contributed by atoms with Crippen molar-refractivity contribution < 1.29 is 13.2 Å². The quantitative estimate of drug-likeness (QED) is 0.457. The van der Waals surface area contributed by atoms with Crippen LogP contribution in [0.5, 0.6) is 0 Å². The lowest BCUT2D eigenvalue weighted by Crippen LogP contribution is -2.22. The maximum absolute atomic E-state index is 12.6. The Labute approximate surface area is 177 Å². The van der Waals surface area contributed by atoms with Crippen LogP contribution in [0.3, 0.4) is 0 Å². The Kier molecular flexibility index (Phi) is 5.60. The number of sulfonamides is 1. The van der Waals surface area contributed by atoms with Crippen LogP contribution in [0.25, 0.3) is 10.2 Å². The number of nitrogens with one attached hydrogen (secondary N) is 1. The third-order valence-electron chi connectivity index (χ3n) is 4.82. The highest BCUT2D eigenvalue weighted by atomic mass is 32.2. The van der Waals surface area contributed by atoms with E-state index in [2.05, 4.69) is 15.3 Å². The number of amides is 1. The molecule has 1 aromatic carbocycles. The van der Waals surface area contributed by atoms with Gasteiger partial charge in [-0.05, 0) is 62.4 Å². The second kappa shape index (κ2) is 8.02. The number of hydrogen-bond donors (Lipinski definition) is 2. The molecular weight excluding hydrogens is 428 g/mol. The van der Waals surface area contributed by atoms with Crippen LogP contribution in [0, 0.1) is 0 Å². The molecule has 0 bridgehead atoms. The number of nitrogens with zero attached hydrogens (tertiary/aromatic N) is 2. The van der Waals surface area contributed by atoms with Crippen molar-refractivity contribution in [2.75, 3.05) is 5.32 Å². The van der Waals surface area contributed by atoms with Gasteiger partial charge in [0.05, 0.1) is 10.1 Å². The first-order valence-corrected chi connectivity index (χ1v) is 12.4. The van der Waals surface area contributed by atoms with Crippen LogP contribution in [0.4, 0.5) is 5.69 Å². The Morgan fingerprint density at radius 1 is 1.21 bits per heavy atom. The number of thiophene rings is 1. The van der Waals surface area contributed by atoms with Crippen molar-refractivity contribution in [1.82, 2.24) is 9.97 Å². The van der Waals surface area contributed by atoms with Crippen LogP contribution < -0.4 is 10.5 Å². The molecule has 0 unspecified atom stereocenters. The van der Waals surface area contributed by atoms with Gasteiger partial charge in [-0.3, -0.25) is 4.79 Å². The largest absolute Gasteiger partial charge is 0.325 e. The molecule has 1 aliphatic carbocycles. The molecule has 0 radical (unpaired) electrons. The average Bonchev–Trinajstić information content (AvgIpc) is 3.07. The van der Waals surface area contributed by atoms with E-state index < -0.39 is 10.0 Å². The van der Waals surface area contributed by atoms with E-state index in [4.69, 9.17) is 5.14 Å². The lowest BCUT2D eigenvalue weighted by atomic mass is 9.97. The second-order valence-corrected chi connectivity index (χ2v) is 10.9. The fourth-order valence-corrected chi connectivity index (χ4v) is 6.10. The van der Waals surface area contributed by atoms with Gasteiger partial charge in [0.2, 0.25) is 15.9 Å². The van der Waals surface area contributed by atoms with Crippen LogP contribution in [-0.4, -0.2) is 29.5 Å². The number of hydrogen-bond acceptors (Lipinski definition) is 7. The van der Waals surface area contributed by atoms with E-state index >= 15 is 0 Å². The van der Waals surface area contributed by atoms with E-state index in [1.807, 2.05) is 6.92 Å². The molecule has 3 aromatic rings. The van der Waals surface area contributed by atoms with Gasteiger partial charge in [-0.25, -0.2) is 23.5 Å². The van der Waals surface area contributed by atoms with Crippen LogP contribution in [0.15, 0.2) is 40.5 Å². The number of rotatable bonds is 5. The van der Waals surface area contributed by atoms with E-state index in [0.717, 1.165) is 28.1 Å². The lowest BCUT2D eigenvalue weighted by Gasteiger charge is -2.14. The number of primary sulfonamides is 1. The molecule has 10 heteroatoms. The van der Waals surface area contributed by atoms with Crippen LogP contribution in [0.2, 0.25) is 0 Å². The average molecular weight is 449 g/mol. The van der Waals surface area contributed by atoms with Gasteiger partial charge in [-0.15, -0.1) is 11.3 Å². The highest BCUT2D eigenvalue weighted by Gasteiger charge is 2.23. The summed E-state index contributed by atoms with van der Waals surface area (Å²) in [5.41, 5.74) is 1.85. The highest BCUT2D eigenvalue weighted by molar-refractivity contribution is 8.00. The minimum atomic E-state index is -3.76. The molecule has 0 spiro atoms. The second-order valence-electron chi connectivity index (χ2n) is 6.89. The summed E-state index contributed by atoms with van der Waals surface area (Å²) >= 11 is 3.14. The van der Waals surface area contributed by atoms with Gasteiger partial charge in [0, 0.05) is 16.0 Å². The maximum atomic E-state index is 12.6. The van der Waals surface area contributed by atoms with Crippen molar-refractivity contribution in [3.63, 3.8) is 0 Å². The predicted octanol–water partition coefficient (Wildman–Crippen LogP) is 3.34. The number of carbonyl (C=O) groups excluding carboxylic acids is 1. The summed E-state index contributed by atoms with van der Waals surface area (Å²) in [6.07, 6.45) is 6.06. The fraction of sp³-hybridized carbons (Fsp3) is 0.316. The molecule has 0 fully saturated rings. The molecular formula is C19H20N4O3S3. The number of fused-ring (bicyclic) bond motifs is 3. The Bertz CT molecular complexity index is 1170. The Balaban J connectivity index is 1.51. The van der Waals surface area contributed by atoms with Gasteiger partial charge in [0.1, 0.15) is 16.2 Å². The number of thioether (sulfide) groups is 1. The normalized spacial score (nSPS) is 15.1. The van der Waals surface area contributed by atoms with E-state index in [9.17, 15) is 13.2 Å². The van der Waals surface area contributed by atoms with E-state index in [0.29, 0.717) is 5.69 Å². The summed E-state index contributed by atoms with van der Waals surface area (Å²) < 4.78 is 22.7. The molecule has 7 nitrogen and oxygen atoms in total. The van der Waals surface area contributed by atoms with Gasteiger partial charge >= 0.3 is 0 Å². The molecule has 1 amide bonds. The van der Waals surface area contributed by atoms with E-state index in [1.165, 1.54) is 59.3 Å². The van der Waals surface area contributed by atoms with Crippen molar-refractivity contribution >= 4 is 54.9 Å². The van der Waals surface area contributed by atoms with Crippen LogP contribution in [-0.2, 0) is 27.7 Å². The minimum absolute atomic E-state index is 0.00327. The molecule has 1 aliphatic rings. The lowest BCUT2D eigenvalue weighted by molar-refractivity contribution is -0.115. The molecule has 2 heterocycles. The first kappa shape index (κ1) is 20.3. The molecule has 0 saturated carbocycles. The van der Waals surface area contributed by atoms with Crippen molar-refractivity contribution in [2.24, 2.45) is 5.14 Å². The molecule has 3 N–H and O–H groups in total. The molecule has 0 saturated heterocycles. The smallest absolute Gasteiger partial charge is 0.238 e. The number of nitrogens with two attached hydrogens (primary N) is 1. The molecule has 2 aromatic heterocycles. The highest BCUT2D eigenvalue weighted by Crippen LogP contribution is 2.40. The molecule has 1 atom stereocenters. The fourth-order valence-electron chi connectivity index (χ4n) is 3.34. The van der Waals surface area contributed by atoms with Crippen molar-refractivity contribution in [3.05, 3.63) is 41.0 Å². The zero-order chi connectivity index (χ0) is 20.6. The number of carbonyl (C=O) groups is 1. The zero-order valence-electron chi connectivity index (χ0n) is 15.7. The summed E-state index contributed by atoms with van der Waals surface area (Å²) in [4.78, 5) is 23.9. The monoisotopic (exact) mass is 448 g/mol. The summed E-state index contributed by atoms with van der Waals surface area (Å²) in [5.74, 6) is -0.186. The Hall–Kier alpha value is -2.01. The van der Waals surface area contributed by atoms with E-state index in [-0.39, 0.29) is 16.1 Å². The standard InChI is InChI=1S/C19H20N4O3S3/c1-11(17(24)23-12-6-8-13(9-7-12)29(20,25)26)27-18-16-14-4-2-3-5-15(14)28-19(16)22-10-21-18/h6-11H,2-5H2,1H3,(H,23,24)(H2,20,25,26)/t11-/m0/s1. The Morgan fingerprint density at radius 2 is 1.93 bits per heavy atom. The number of anilines is 1. The van der Waals surface area contributed by atoms with Gasteiger partial charge in [0.25, 0.3) is 0 Å². The zero-order valence-corrected chi connectivity index (χ0v) is 18.2. The first-order chi connectivity index (χ1) is 13.8. The number of aromatic nitrogens is 2. The summed E-state index contributed by atoms with van der Waals surface area (Å²) in [6, 6.07) is 5.78. The molecule has 29 heavy (non-hydrogen) atoms. The van der Waals surface area contributed by atoms with Crippen molar-refractivity contribution in [2.45, 2.75) is 47.8 Å². The number of aryl methyl sites for hydroxylation is 2. The van der Waals surface area contributed by atoms with Crippen molar-refractivity contribution in [1.29, 1.82) is 0 Å². The summed E-state index contributed by atoms with van der Waals surface area (Å²) in [5, 5.41) is 9.45. The van der Waals surface area contributed by atoms with Gasteiger partial charge in [-0.2, -0.15) is 0 Å². The molecule has 0 aliphatic heterocycles. The Morgan fingerprint density at radius 3 is 2.66 bits per heavy atom. The van der Waals surface area contributed by atoms with Crippen LogP contribution in [0.1, 0.15) is 30.2 Å². The summed E-state index contributed by atoms with van der Waals surface area (Å²) in [6.45, 7) is 1.82. The third-order valence-corrected chi connectivity index (χ3v) is 8.05. The van der Waals surface area contributed by atoms with Gasteiger partial charge in [-0.1, -0.05) is 11.8 Å². The topological polar surface area (TPSA) is 115 Å². The predicted molar refractivity (Wildman–Crippen MR) is 116 cm³/mol. The van der Waals surface area contributed by atoms with E-state index in [1.54, 1.807) is 17.7 Å². The minimum Gasteiger partial charge on any atom is -0.325 e.